The van der Waals surface area contributed by atoms with Crippen LogP contribution in [-0.2, 0) is 30.3 Å². The van der Waals surface area contributed by atoms with Crippen molar-refractivity contribution in [1.29, 1.82) is 0 Å². The Morgan fingerprint density at radius 3 is 2.54 bits per heavy atom. The Morgan fingerprint density at radius 2 is 1.90 bits per heavy atom. The molecule has 11 heteroatoms. The Bertz CT molecular complexity index is 1230. The van der Waals surface area contributed by atoms with Crippen molar-refractivity contribution in [1.82, 2.24) is 0 Å². The standard InChI is InChI=1S/C28H34N4O7/c1-27(2,3)39-23(34)14-15-28(26(35)36-4)24(22-9-6-5-8-20(22)18-30-32-29)38-25(31-28)19-10-12-21(13-11-19)37-17-7-16-33/h5-6,8-13,24,33H,7,14-18H2,1-4H3/t24-,28-/m1/s1. The molecule has 0 fully saturated rings. The van der Waals surface area contributed by atoms with Crippen molar-refractivity contribution < 1.29 is 33.6 Å². The molecule has 0 saturated carbocycles. The van der Waals surface area contributed by atoms with Gasteiger partial charge in [0.2, 0.25) is 11.4 Å². The Labute approximate surface area is 227 Å². The first-order chi connectivity index (χ1) is 18.6. The van der Waals surface area contributed by atoms with Crippen LogP contribution in [0, 0.1) is 0 Å². The van der Waals surface area contributed by atoms with E-state index in [1.54, 1.807) is 69.3 Å². The SMILES string of the molecule is COC(=O)[C@]1(CCC(=O)OC(C)(C)C)N=C(c2ccc(OCCCO)cc2)O[C@@H]1c1ccccc1CN=[N+]=[N-]. The molecule has 1 heterocycles. The number of esters is 2. The van der Waals surface area contributed by atoms with Gasteiger partial charge in [0.25, 0.3) is 0 Å². The largest absolute Gasteiger partial charge is 0.494 e. The molecule has 0 unspecified atom stereocenters. The number of hydrogen-bond acceptors (Lipinski definition) is 9. The minimum Gasteiger partial charge on any atom is -0.494 e. The summed E-state index contributed by atoms with van der Waals surface area (Å²) < 4.78 is 22.6. The van der Waals surface area contributed by atoms with Crippen LogP contribution in [0.2, 0.25) is 0 Å². The molecule has 0 bridgehead atoms. The first-order valence-electron chi connectivity index (χ1n) is 12.6. The van der Waals surface area contributed by atoms with Crippen molar-refractivity contribution in [3.05, 3.63) is 75.7 Å². The van der Waals surface area contributed by atoms with Gasteiger partial charge in [-0.3, -0.25) is 4.79 Å². The summed E-state index contributed by atoms with van der Waals surface area (Å²) in [7, 11) is 1.26. The number of aliphatic imine (C=N–C) groups is 1. The molecule has 208 valence electrons. The van der Waals surface area contributed by atoms with Crippen molar-refractivity contribution in [3.63, 3.8) is 0 Å². The number of methoxy groups -OCH3 is 1. The van der Waals surface area contributed by atoms with Crippen LogP contribution in [0.15, 0.2) is 58.6 Å². The fourth-order valence-electron chi connectivity index (χ4n) is 4.22. The van der Waals surface area contributed by atoms with Gasteiger partial charge in [-0.25, -0.2) is 9.79 Å². The van der Waals surface area contributed by atoms with Crippen molar-refractivity contribution in [2.75, 3.05) is 20.3 Å². The third-order valence-electron chi connectivity index (χ3n) is 5.95. The summed E-state index contributed by atoms with van der Waals surface area (Å²) in [5.74, 6) is -0.366. The van der Waals surface area contributed by atoms with Crippen LogP contribution < -0.4 is 4.74 Å². The second-order valence-electron chi connectivity index (χ2n) is 9.95. The summed E-state index contributed by atoms with van der Waals surface area (Å²) in [5, 5.41) is 12.6. The summed E-state index contributed by atoms with van der Waals surface area (Å²) in [6.07, 6.45) is -0.610. The zero-order chi connectivity index (χ0) is 28.5. The fraction of sp³-hybridized carbons (Fsp3) is 0.464. The number of carbonyl (C=O) groups excluding carboxylic acids is 2. The minimum absolute atomic E-state index is 0.0319. The zero-order valence-electron chi connectivity index (χ0n) is 22.6. The lowest BCUT2D eigenvalue weighted by Crippen LogP contribution is -2.43. The quantitative estimate of drug-likeness (QED) is 0.134. The normalized spacial score (nSPS) is 18.4. The number of nitrogens with zero attached hydrogens (tertiary/aromatic N) is 4. The van der Waals surface area contributed by atoms with Gasteiger partial charge >= 0.3 is 11.9 Å². The van der Waals surface area contributed by atoms with Gasteiger partial charge < -0.3 is 24.1 Å². The van der Waals surface area contributed by atoms with Gasteiger partial charge in [0.15, 0.2) is 6.10 Å². The number of hydrogen-bond donors (Lipinski definition) is 1. The van der Waals surface area contributed by atoms with E-state index in [0.29, 0.717) is 35.5 Å². The average Bonchev–Trinajstić information content (AvgIpc) is 3.30. The van der Waals surface area contributed by atoms with E-state index in [0.717, 1.165) is 0 Å². The third-order valence-corrected chi connectivity index (χ3v) is 5.95. The summed E-state index contributed by atoms with van der Waals surface area (Å²) in [4.78, 5) is 33.7. The average molecular weight is 539 g/mol. The highest BCUT2D eigenvalue weighted by Gasteiger charge is 2.55. The van der Waals surface area contributed by atoms with Crippen LogP contribution in [0.4, 0.5) is 0 Å². The molecule has 0 aliphatic carbocycles. The lowest BCUT2D eigenvalue weighted by atomic mass is 9.82. The molecule has 2 aromatic rings. The molecular formula is C28H34N4O7. The maximum absolute atomic E-state index is 13.4. The Hall–Kier alpha value is -4.08. The van der Waals surface area contributed by atoms with Crippen LogP contribution >= 0.6 is 0 Å². The number of rotatable bonds is 12. The highest BCUT2D eigenvalue weighted by atomic mass is 16.6. The lowest BCUT2D eigenvalue weighted by molar-refractivity contribution is -0.157. The van der Waals surface area contributed by atoms with E-state index in [2.05, 4.69) is 10.0 Å². The Morgan fingerprint density at radius 1 is 1.18 bits per heavy atom. The molecule has 3 rings (SSSR count). The van der Waals surface area contributed by atoms with E-state index in [9.17, 15) is 9.59 Å². The van der Waals surface area contributed by atoms with Crippen molar-refractivity contribution in [2.24, 2.45) is 10.1 Å². The topological polar surface area (TPSA) is 152 Å². The number of azide groups is 1. The molecule has 1 aliphatic heterocycles. The highest BCUT2D eigenvalue weighted by Crippen LogP contribution is 2.45. The molecule has 1 aliphatic rings. The van der Waals surface area contributed by atoms with Crippen LogP contribution in [0.25, 0.3) is 10.4 Å². The second-order valence-corrected chi connectivity index (χ2v) is 9.95. The number of benzene rings is 2. The molecular weight excluding hydrogens is 504 g/mol. The number of aliphatic hydroxyl groups excluding tert-OH is 1. The summed E-state index contributed by atoms with van der Waals surface area (Å²) in [6, 6.07) is 14.1. The van der Waals surface area contributed by atoms with Gasteiger partial charge in [0.1, 0.15) is 11.4 Å². The lowest BCUT2D eigenvalue weighted by Gasteiger charge is -2.30. The van der Waals surface area contributed by atoms with Gasteiger partial charge in [0.05, 0.1) is 20.3 Å². The van der Waals surface area contributed by atoms with E-state index in [4.69, 9.17) is 34.6 Å². The number of aliphatic hydroxyl groups is 1. The molecule has 11 nitrogen and oxygen atoms in total. The van der Waals surface area contributed by atoms with E-state index in [1.807, 2.05) is 0 Å². The second kappa shape index (κ2) is 13.1. The van der Waals surface area contributed by atoms with Gasteiger partial charge in [-0.05, 0) is 68.1 Å². The van der Waals surface area contributed by atoms with Crippen LogP contribution in [0.1, 0.15) is 62.8 Å². The smallest absolute Gasteiger partial charge is 0.338 e. The molecule has 2 aromatic carbocycles. The third kappa shape index (κ3) is 7.49. The monoisotopic (exact) mass is 538 g/mol. The van der Waals surface area contributed by atoms with Crippen molar-refractivity contribution >= 4 is 17.8 Å². The van der Waals surface area contributed by atoms with Crippen LogP contribution in [-0.4, -0.2) is 54.4 Å². The predicted octanol–water partition coefficient (Wildman–Crippen LogP) is 4.81. The van der Waals surface area contributed by atoms with E-state index in [-0.39, 0.29) is 31.9 Å². The van der Waals surface area contributed by atoms with E-state index < -0.39 is 29.2 Å². The van der Waals surface area contributed by atoms with E-state index >= 15 is 0 Å². The maximum Gasteiger partial charge on any atom is 0.338 e. The van der Waals surface area contributed by atoms with Gasteiger partial charge in [-0.1, -0.05) is 29.4 Å². The summed E-state index contributed by atoms with van der Waals surface area (Å²) >= 11 is 0. The summed E-state index contributed by atoms with van der Waals surface area (Å²) in [5.41, 5.74) is 8.41. The molecule has 39 heavy (non-hydrogen) atoms. The van der Waals surface area contributed by atoms with E-state index in [1.165, 1.54) is 7.11 Å². The Kier molecular flexibility index (Phi) is 9.92. The van der Waals surface area contributed by atoms with Crippen molar-refractivity contribution in [2.45, 2.75) is 63.8 Å². The molecule has 1 N–H and O–H groups in total. The van der Waals surface area contributed by atoms with Crippen LogP contribution in [0.5, 0.6) is 5.75 Å². The molecule has 0 aromatic heterocycles. The number of ether oxygens (including phenoxy) is 4. The molecule has 2 atom stereocenters. The first-order valence-corrected chi connectivity index (χ1v) is 12.6. The van der Waals surface area contributed by atoms with Crippen molar-refractivity contribution in [3.8, 4) is 5.75 Å². The molecule has 0 amide bonds. The predicted molar refractivity (Wildman–Crippen MR) is 143 cm³/mol. The maximum atomic E-state index is 13.4. The Balaban J connectivity index is 2.04. The first kappa shape index (κ1) is 29.5. The fourth-order valence-corrected chi connectivity index (χ4v) is 4.22. The number of carbonyl (C=O) groups is 2. The molecule has 0 saturated heterocycles. The van der Waals surface area contributed by atoms with Gasteiger partial charge in [-0.15, -0.1) is 0 Å². The minimum atomic E-state index is -1.61. The summed E-state index contributed by atoms with van der Waals surface area (Å²) in [6.45, 7) is 5.73. The van der Waals surface area contributed by atoms with Gasteiger partial charge in [-0.2, -0.15) is 0 Å². The molecule has 0 radical (unpaired) electrons. The van der Waals surface area contributed by atoms with Crippen LogP contribution in [0.3, 0.4) is 0 Å². The zero-order valence-corrected chi connectivity index (χ0v) is 22.6. The van der Waals surface area contributed by atoms with Gasteiger partial charge in [0, 0.05) is 29.9 Å². The highest BCUT2D eigenvalue weighted by molar-refractivity contribution is 6.00. The molecule has 0 spiro atoms.